The molecule has 0 aliphatic carbocycles. The van der Waals surface area contributed by atoms with E-state index in [0.29, 0.717) is 0 Å². The minimum Gasteiger partial charge on any atom is -0.357 e. The molecule has 0 amide bonds. The summed E-state index contributed by atoms with van der Waals surface area (Å²) in [7, 11) is 0. The van der Waals surface area contributed by atoms with E-state index in [1.54, 1.807) is 0 Å². The predicted octanol–water partition coefficient (Wildman–Crippen LogP) is 2.36. The van der Waals surface area contributed by atoms with Crippen LogP contribution in [0.4, 0.5) is 0 Å². The highest BCUT2D eigenvalue weighted by atomic mass is 16.1. The first-order valence-electron chi connectivity index (χ1n) is 5.97. The lowest BCUT2D eigenvalue weighted by atomic mass is 9.90. The van der Waals surface area contributed by atoms with Crippen LogP contribution < -0.4 is 5.32 Å². The number of benzene rings is 1. The quantitative estimate of drug-likeness (QED) is 0.736. The first-order chi connectivity index (χ1) is 8.12. The molecule has 1 aromatic carbocycles. The van der Waals surface area contributed by atoms with Gasteiger partial charge in [0.15, 0.2) is 0 Å². The molecule has 3 nitrogen and oxygen atoms in total. The van der Waals surface area contributed by atoms with Crippen molar-refractivity contribution in [1.29, 1.82) is 0 Å². The Kier molecular flexibility index (Phi) is 2.13. The summed E-state index contributed by atoms with van der Waals surface area (Å²) in [4.78, 5) is 14.3. The van der Waals surface area contributed by atoms with Gasteiger partial charge in [-0.3, -0.25) is 4.79 Å². The predicted molar refractivity (Wildman–Crippen MR) is 68.4 cm³/mol. The largest absolute Gasteiger partial charge is 0.357 e. The molecule has 0 fully saturated rings. The van der Waals surface area contributed by atoms with E-state index < -0.39 is 0 Å². The maximum absolute atomic E-state index is 10.8. The molecule has 2 heterocycles. The van der Waals surface area contributed by atoms with Crippen molar-refractivity contribution in [1.82, 2.24) is 10.3 Å². The third-order valence-corrected chi connectivity index (χ3v) is 3.63. The number of aromatic amines is 1. The van der Waals surface area contributed by atoms with Gasteiger partial charge >= 0.3 is 0 Å². The van der Waals surface area contributed by atoms with Crippen LogP contribution in [0.15, 0.2) is 18.2 Å². The first-order valence-corrected chi connectivity index (χ1v) is 5.97. The summed E-state index contributed by atoms with van der Waals surface area (Å²) in [6.45, 7) is 5.35. The molecule has 0 spiro atoms. The Morgan fingerprint density at radius 1 is 1.35 bits per heavy atom. The van der Waals surface area contributed by atoms with E-state index in [9.17, 15) is 4.79 Å². The fraction of sp³-hybridized carbons (Fsp3) is 0.357. The fourth-order valence-corrected chi connectivity index (χ4v) is 2.72. The van der Waals surface area contributed by atoms with Crippen molar-refractivity contribution >= 4 is 17.2 Å². The second-order valence-corrected chi connectivity index (χ2v) is 5.20. The second kappa shape index (κ2) is 3.44. The van der Waals surface area contributed by atoms with Crippen molar-refractivity contribution in [3.05, 3.63) is 35.0 Å². The van der Waals surface area contributed by atoms with E-state index in [4.69, 9.17) is 0 Å². The average Bonchev–Trinajstić information content (AvgIpc) is 2.68. The number of H-pyrrole nitrogens is 1. The van der Waals surface area contributed by atoms with Gasteiger partial charge in [0, 0.05) is 28.7 Å². The molecule has 3 heteroatoms. The molecule has 0 bridgehead atoms. The zero-order chi connectivity index (χ0) is 12.0. The van der Waals surface area contributed by atoms with Crippen molar-refractivity contribution in [3.8, 4) is 0 Å². The van der Waals surface area contributed by atoms with Crippen LogP contribution in [0.3, 0.4) is 0 Å². The number of hydrogen-bond acceptors (Lipinski definition) is 2. The molecular weight excluding hydrogens is 212 g/mol. The summed E-state index contributed by atoms with van der Waals surface area (Å²) < 4.78 is 0. The molecule has 0 radical (unpaired) electrons. The molecule has 2 aromatic rings. The summed E-state index contributed by atoms with van der Waals surface area (Å²) >= 11 is 0. The third-order valence-electron chi connectivity index (χ3n) is 3.63. The van der Waals surface area contributed by atoms with E-state index in [1.165, 1.54) is 16.6 Å². The monoisotopic (exact) mass is 228 g/mol. The van der Waals surface area contributed by atoms with Crippen molar-refractivity contribution in [2.24, 2.45) is 0 Å². The van der Waals surface area contributed by atoms with Crippen LogP contribution in [0.2, 0.25) is 0 Å². The lowest BCUT2D eigenvalue weighted by molar-refractivity contribution is 0.112. The molecule has 3 rings (SSSR count). The number of aromatic nitrogens is 1. The van der Waals surface area contributed by atoms with Crippen molar-refractivity contribution in [2.75, 3.05) is 6.54 Å². The summed E-state index contributed by atoms with van der Waals surface area (Å²) in [5.74, 6) is 0. The number of carbonyl (C=O) groups is 1. The van der Waals surface area contributed by atoms with Crippen molar-refractivity contribution in [3.63, 3.8) is 0 Å². The number of aldehydes is 1. The topological polar surface area (TPSA) is 44.9 Å². The summed E-state index contributed by atoms with van der Waals surface area (Å²) in [6.07, 6.45) is 1.92. The van der Waals surface area contributed by atoms with E-state index in [0.717, 1.165) is 30.3 Å². The molecule has 17 heavy (non-hydrogen) atoms. The number of carbonyl (C=O) groups excluding carboxylic acids is 1. The zero-order valence-corrected chi connectivity index (χ0v) is 10.1. The van der Waals surface area contributed by atoms with Crippen LogP contribution in [0.1, 0.15) is 35.5 Å². The maximum Gasteiger partial charge on any atom is 0.150 e. The van der Waals surface area contributed by atoms with Gasteiger partial charge in [0.2, 0.25) is 0 Å². The van der Waals surface area contributed by atoms with Crippen LogP contribution in [0, 0.1) is 0 Å². The van der Waals surface area contributed by atoms with Crippen LogP contribution in [0.25, 0.3) is 10.9 Å². The SMILES string of the molecule is CC1(C)NCCc2c1[nH]c1ccc(C=O)cc21. The van der Waals surface area contributed by atoms with E-state index in [1.807, 2.05) is 18.2 Å². The molecule has 0 atom stereocenters. The highest BCUT2D eigenvalue weighted by Gasteiger charge is 2.29. The number of nitrogens with one attached hydrogen (secondary N) is 2. The van der Waals surface area contributed by atoms with Gasteiger partial charge in [0.05, 0.1) is 5.54 Å². The standard InChI is InChI=1S/C14H16N2O/c1-14(2)13-10(5-6-15-14)11-7-9(8-17)3-4-12(11)16-13/h3-4,7-8,15-16H,5-6H2,1-2H3. The van der Waals surface area contributed by atoms with Gasteiger partial charge < -0.3 is 10.3 Å². The second-order valence-electron chi connectivity index (χ2n) is 5.20. The molecule has 88 valence electrons. The van der Waals surface area contributed by atoms with Gasteiger partial charge in [0.25, 0.3) is 0 Å². The Morgan fingerprint density at radius 3 is 2.94 bits per heavy atom. The average molecular weight is 228 g/mol. The van der Waals surface area contributed by atoms with Gasteiger partial charge in [-0.15, -0.1) is 0 Å². The van der Waals surface area contributed by atoms with Crippen LogP contribution in [-0.4, -0.2) is 17.8 Å². The lowest BCUT2D eigenvalue weighted by Crippen LogP contribution is -2.42. The molecule has 1 aliphatic heterocycles. The minimum absolute atomic E-state index is 0.0199. The van der Waals surface area contributed by atoms with Gasteiger partial charge in [-0.2, -0.15) is 0 Å². The number of rotatable bonds is 1. The zero-order valence-electron chi connectivity index (χ0n) is 10.1. The highest BCUT2D eigenvalue weighted by Crippen LogP contribution is 2.33. The van der Waals surface area contributed by atoms with Gasteiger partial charge in [-0.1, -0.05) is 0 Å². The molecule has 2 N–H and O–H groups in total. The van der Waals surface area contributed by atoms with Crippen LogP contribution in [0.5, 0.6) is 0 Å². The first kappa shape index (κ1) is 10.5. The maximum atomic E-state index is 10.8. The number of hydrogen-bond donors (Lipinski definition) is 2. The Labute approximate surface area is 100 Å². The molecule has 0 saturated carbocycles. The van der Waals surface area contributed by atoms with Crippen LogP contribution in [-0.2, 0) is 12.0 Å². The van der Waals surface area contributed by atoms with Gasteiger partial charge in [-0.25, -0.2) is 0 Å². The van der Waals surface area contributed by atoms with Crippen molar-refractivity contribution in [2.45, 2.75) is 25.8 Å². The fourth-order valence-electron chi connectivity index (χ4n) is 2.72. The van der Waals surface area contributed by atoms with E-state index in [-0.39, 0.29) is 5.54 Å². The molecule has 1 aliphatic rings. The smallest absolute Gasteiger partial charge is 0.150 e. The Morgan fingerprint density at radius 2 is 2.18 bits per heavy atom. The molecule has 1 aromatic heterocycles. The summed E-state index contributed by atoms with van der Waals surface area (Å²) in [6, 6.07) is 5.84. The molecule has 0 saturated heterocycles. The van der Waals surface area contributed by atoms with Gasteiger partial charge in [-0.05, 0) is 44.0 Å². The summed E-state index contributed by atoms with van der Waals surface area (Å²) in [5.41, 5.74) is 4.45. The molecular formula is C14H16N2O. The highest BCUT2D eigenvalue weighted by molar-refractivity contribution is 5.90. The Hall–Kier alpha value is -1.61. The lowest BCUT2D eigenvalue weighted by Gasteiger charge is -2.31. The van der Waals surface area contributed by atoms with E-state index in [2.05, 4.69) is 24.1 Å². The molecule has 0 unspecified atom stereocenters. The third kappa shape index (κ3) is 1.50. The number of fused-ring (bicyclic) bond motifs is 3. The Balaban J connectivity index is 2.31. The minimum atomic E-state index is -0.0199. The normalized spacial score (nSPS) is 18.0. The van der Waals surface area contributed by atoms with E-state index >= 15 is 0 Å². The van der Waals surface area contributed by atoms with Gasteiger partial charge in [0.1, 0.15) is 6.29 Å². The van der Waals surface area contributed by atoms with Crippen LogP contribution >= 0.6 is 0 Å². The summed E-state index contributed by atoms with van der Waals surface area (Å²) in [5, 5.41) is 4.70. The Bertz CT molecular complexity index is 596. The van der Waals surface area contributed by atoms with Crippen molar-refractivity contribution < 1.29 is 4.79 Å².